The number of rotatable bonds is 5. The molecule has 0 fully saturated rings. The van der Waals surface area contributed by atoms with Crippen LogP contribution in [0.4, 0.5) is 4.39 Å². The van der Waals surface area contributed by atoms with Gasteiger partial charge in [-0.05, 0) is 19.4 Å². The van der Waals surface area contributed by atoms with E-state index < -0.39 is 23.2 Å². The van der Waals surface area contributed by atoms with E-state index in [1.165, 1.54) is 25.1 Å². The topological polar surface area (TPSA) is 74.6 Å². The Kier molecular flexibility index (Phi) is 3.83. The monoisotopic (exact) mass is 240 g/mol. The first-order chi connectivity index (χ1) is 7.88. The van der Waals surface area contributed by atoms with Crippen molar-refractivity contribution in [3.8, 4) is 0 Å². The molecule has 1 atom stereocenters. The first-order valence-electron chi connectivity index (χ1n) is 5.08. The van der Waals surface area contributed by atoms with Crippen LogP contribution in [-0.2, 0) is 15.0 Å². The number of halogens is 1. The average molecular weight is 240 g/mol. The summed E-state index contributed by atoms with van der Waals surface area (Å²) in [5.41, 5.74) is -1.52. The molecule has 0 aliphatic rings. The molecule has 0 aliphatic heterocycles. The van der Waals surface area contributed by atoms with Crippen molar-refractivity contribution >= 4 is 11.9 Å². The Morgan fingerprint density at radius 2 is 1.88 bits per heavy atom. The molecule has 0 aliphatic carbocycles. The van der Waals surface area contributed by atoms with Gasteiger partial charge in [0.25, 0.3) is 0 Å². The first kappa shape index (κ1) is 13.2. The normalized spacial score (nSPS) is 14.0. The van der Waals surface area contributed by atoms with E-state index in [1.54, 1.807) is 0 Å². The second-order valence-corrected chi connectivity index (χ2v) is 4.01. The Morgan fingerprint density at radius 1 is 1.29 bits per heavy atom. The molecule has 2 N–H and O–H groups in total. The molecule has 0 saturated carbocycles. The molecule has 0 amide bonds. The van der Waals surface area contributed by atoms with Crippen molar-refractivity contribution in [3.05, 3.63) is 35.6 Å². The Hall–Kier alpha value is -1.91. The number of hydrogen-bond donors (Lipinski definition) is 2. The number of aliphatic carboxylic acids is 2. The predicted molar refractivity (Wildman–Crippen MR) is 58.3 cm³/mol. The number of carboxylic acids is 2. The minimum atomic E-state index is -1.52. The zero-order valence-corrected chi connectivity index (χ0v) is 9.31. The largest absolute Gasteiger partial charge is 0.481 e. The summed E-state index contributed by atoms with van der Waals surface area (Å²) in [5, 5.41) is 17.8. The molecule has 0 saturated heterocycles. The quantitative estimate of drug-likeness (QED) is 0.825. The lowest BCUT2D eigenvalue weighted by molar-refractivity contribution is -0.144. The van der Waals surface area contributed by atoms with Crippen LogP contribution >= 0.6 is 0 Å². The van der Waals surface area contributed by atoms with Gasteiger partial charge in [-0.15, -0.1) is 0 Å². The van der Waals surface area contributed by atoms with Crippen molar-refractivity contribution in [2.24, 2.45) is 0 Å². The first-order valence-corrected chi connectivity index (χ1v) is 5.08. The molecule has 1 unspecified atom stereocenters. The summed E-state index contributed by atoms with van der Waals surface area (Å²) < 4.78 is 13.6. The molecule has 0 bridgehead atoms. The molecule has 1 aromatic rings. The van der Waals surface area contributed by atoms with Gasteiger partial charge in [0.2, 0.25) is 0 Å². The van der Waals surface area contributed by atoms with Crippen LogP contribution in [0.3, 0.4) is 0 Å². The summed E-state index contributed by atoms with van der Waals surface area (Å²) in [6, 6.07) is 5.52. The van der Waals surface area contributed by atoms with Crippen molar-refractivity contribution in [2.45, 2.75) is 25.2 Å². The molecular formula is C12H13FO4. The molecule has 0 radical (unpaired) electrons. The molecule has 5 heteroatoms. The fourth-order valence-corrected chi connectivity index (χ4v) is 1.62. The van der Waals surface area contributed by atoms with Crippen LogP contribution in [0.2, 0.25) is 0 Å². The van der Waals surface area contributed by atoms with Crippen LogP contribution in [0, 0.1) is 5.82 Å². The van der Waals surface area contributed by atoms with Gasteiger partial charge in [0.1, 0.15) is 5.82 Å². The molecule has 1 aromatic carbocycles. The Bertz CT molecular complexity index is 444. The minimum Gasteiger partial charge on any atom is -0.481 e. The zero-order chi connectivity index (χ0) is 13.1. The lowest BCUT2D eigenvalue weighted by atomic mass is 9.78. The van der Waals surface area contributed by atoms with Crippen LogP contribution in [-0.4, -0.2) is 22.2 Å². The zero-order valence-electron chi connectivity index (χ0n) is 9.31. The summed E-state index contributed by atoms with van der Waals surface area (Å²) in [6.07, 6.45) is -0.476. The van der Waals surface area contributed by atoms with E-state index in [0.29, 0.717) is 0 Å². The van der Waals surface area contributed by atoms with Crippen LogP contribution in [0.25, 0.3) is 0 Å². The second kappa shape index (κ2) is 4.95. The summed E-state index contributed by atoms with van der Waals surface area (Å²) >= 11 is 0. The molecule has 0 spiro atoms. The number of carbonyl (C=O) groups is 2. The number of carboxylic acid groups (broad SMARTS) is 2. The minimum absolute atomic E-state index is 0.00810. The summed E-state index contributed by atoms with van der Waals surface area (Å²) in [6.45, 7) is 1.33. The fourth-order valence-electron chi connectivity index (χ4n) is 1.62. The van der Waals surface area contributed by atoms with Crippen molar-refractivity contribution in [3.63, 3.8) is 0 Å². The standard InChI is InChI=1S/C12H13FO4/c1-12(11(16)17,7-6-10(14)15)8-4-2-3-5-9(8)13/h2-5H,6-7H2,1H3,(H,14,15)(H,16,17). The van der Waals surface area contributed by atoms with Gasteiger partial charge in [0.15, 0.2) is 0 Å². The third kappa shape index (κ3) is 2.81. The third-order valence-electron chi connectivity index (χ3n) is 2.78. The van der Waals surface area contributed by atoms with Gasteiger partial charge < -0.3 is 10.2 Å². The van der Waals surface area contributed by atoms with Crippen molar-refractivity contribution in [1.29, 1.82) is 0 Å². The maximum atomic E-state index is 13.6. The van der Waals surface area contributed by atoms with E-state index in [0.717, 1.165) is 6.07 Å². The van der Waals surface area contributed by atoms with Crippen LogP contribution < -0.4 is 0 Å². The molecule has 1 rings (SSSR count). The molecular weight excluding hydrogens is 227 g/mol. The van der Waals surface area contributed by atoms with Gasteiger partial charge in [0.05, 0.1) is 5.41 Å². The molecule has 92 valence electrons. The Balaban J connectivity index is 3.12. The highest BCUT2D eigenvalue weighted by molar-refractivity contribution is 5.81. The predicted octanol–water partition coefficient (Wildman–Crippen LogP) is 2.03. The number of benzene rings is 1. The van der Waals surface area contributed by atoms with Crippen molar-refractivity contribution in [1.82, 2.24) is 0 Å². The summed E-state index contributed by atoms with van der Waals surface area (Å²) in [7, 11) is 0. The van der Waals surface area contributed by atoms with Gasteiger partial charge in [-0.3, -0.25) is 9.59 Å². The van der Waals surface area contributed by atoms with Gasteiger partial charge in [0, 0.05) is 12.0 Å². The number of hydrogen-bond acceptors (Lipinski definition) is 2. The highest BCUT2D eigenvalue weighted by Gasteiger charge is 2.37. The van der Waals surface area contributed by atoms with E-state index in [1.807, 2.05) is 0 Å². The lowest BCUT2D eigenvalue weighted by Crippen LogP contribution is -2.34. The van der Waals surface area contributed by atoms with E-state index >= 15 is 0 Å². The van der Waals surface area contributed by atoms with Gasteiger partial charge in [-0.1, -0.05) is 18.2 Å². The highest BCUT2D eigenvalue weighted by atomic mass is 19.1. The molecule has 0 heterocycles. The maximum Gasteiger partial charge on any atom is 0.313 e. The van der Waals surface area contributed by atoms with Crippen LogP contribution in [0.15, 0.2) is 24.3 Å². The summed E-state index contributed by atoms with van der Waals surface area (Å²) in [4.78, 5) is 21.7. The smallest absolute Gasteiger partial charge is 0.313 e. The van der Waals surface area contributed by atoms with Gasteiger partial charge >= 0.3 is 11.9 Å². The molecule has 17 heavy (non-hydrogen) atoms. The van der Waals surface area contributed by atoms with Crippen LogP contribution in [0.5, 0.6) is 0 Å². The van der Waals surface area contributed by atoms with Gasteiger partial charge in [-0.2, -0.15) is 0 Å². The van der Waals surface area contributed by atoms with E-state index in [2.05, 4.69) is 0 Å². The summed E-state index contributed by atoms with van der Waals surface area (Å²) in [5.74, 6) is -2.97. The Labute approximate surface area is 97.7 Å². The van der Waals surface area contributed by atoms with E-state index in [4.69, 9.17) is 10.2 Å². The Morgan fingerprint density at radius 3 is 2.35 bits per heavy atom. The average Bonchev–Trinajstić information content (AvgIpc) is 2.26. The van der Waals surface area contributed by atoms with Crippen molar-refractivity contribution in [2.75, 3.05) is 0 Å². The SMILES string of the molecule is CC(CCC(=O)O)(C(=O)O)c1ccccc1F. The third-order valence-corrected chi connectivity index (χ3v) is 2.78. The fraction of sp³-hybridized carbons (Fsp3) is 0.333. The highest BCUT2D eigenvalue weighted by Crippen LogP contribution is 2.31. The van der Waals surface area contributed by atoms with Gasteiger partial charge in [-0.25, -0.2) is 4.39 Å². The van der Waals surface area contributed by atoms with E-state index in [9.17, 15) is 14.0 Å². The lowest BCUT2D eigenvalue weighted by Gasteiger charge is -2.25. The second-order valence-electron chi connectivity index (χ2n) is 4.01. The maximum absolute atomic E-state index is 13.6. The molecule has 0 aromatic heterocycles. The van der Waals surface area contributed by atoms with Crippen LogP contribution in [0.1, 0.15) is 25.3 Å². The van der Waals surface area contributed by atoms with E-state index in [-0.39, 0.29) is 18.4 Å². The van der Waals surface area contributed by atoms with Crippen molar-refractivity contribution < 1.29 is 24.2 Å². The molecule has 4 nitrogen and oxygen atoms in total.